The highest BCUT2D eigenvalue weighted by Crippen LogP contribution is 2.34. The second-order valence-electron chi connectivity index (χ2n) is 8.64. The number of carbonyl (C=O) groups excluding carboxylic acids is 1. The molecule has 3 heterocycles. The third-order valence-electron chi connectivity index (χ3n) is 6.09. The van der Waals surface area contributed by atoms with Crippen molar-refractivity contribution in [3.8, 4) is 17.0 Å². The number of aromatic amines is 1. The molecule has 5 rings (SSSR count). The molecule has 1 N–H and O–H groups in total. The topological polar surface area (TPSA) is 84.2 Å². The summed E-state index contributed by atoms with van der Waals surface area (Å²) in [7, 11) is 0. The number of ether oxygens (including phenoxy) is 1. The van der Waals surface area contributed by atoms with E-state index in [4.69, 9.17) is 9.15 Å². The Bertz CT molecular complexity index is 1300. The lowest BCUT2D eigenvalue weighted by Gasteiger charge is -2.21. The van der Waals surface area contributed by atoms with Crippen molar-refractivity contribution in [2.24, 2.45) is 0 Å². The summed E-state index contributed by atoms with van der Waals surface area (Å²) in [6, 6.07) is 15.5. The monoisotopic (exact) mass is 474 g/mol. The molecular formula is C27H27FN4O3. The number of para-hydroxylation sites is 1. The first-order valence-electron chi connectivity index (χ1n) is 11.9. The van der Waals surface area contributed by atoms with Gasteiger partial charge in [0.1, 0.15) is 29.1 Å². The maximum absolute atomic E-state index is 13.4. The van der Waals surface area contributed by atoms with Crippen molar-refractivity contribution in [2.45, 2.75) is 38.6 Å². The summed E-state index contributed by atoms with van der Waals surface area (Å²) < 4.78 is 25.0. The van der Waals surface area contributed by atoms with Gasteiger partial charge in [-0.3, -0.25) is 9.89 Å². The van der Waals surface area contributed by atoms with Crippen molar-refractivity contribution in [3.05, 3.63) is 89.5 Å². The van der Waals surface area contributed by atoms with E-state index >= 15 is 0 Å². The quantitative estimate of drug-likeness (QED) is 0.361. The summed E-state index contributed by atoms with van der Waals surface area (Å²) in [4.78, 5) is 19.6. The lowest BCUT2D eigenvalue weighted by molar-refractivity contribution is 0.0708. The van der Waals surface area contributed by atoms with Crippen LogP contribution in [0.3, 0.4) is 0 Å². The number of aromatic nitrogens is 3. The Morgan fingerprint density at radius 1 is 1.23 bits per heavy atom. The largest absolute Gasteiger partial charge is 0.493 e. The molecular weight excluding hydrogens is 447 g/mol. The van der Waals surface area contributed by atoms with E-state index in [1.807, 2.05) is 24.3 Å². The van der Waals surface area contributed by atoms with Gasteiger partial charge in [0, 0.05) is 18.5 Å². The average molecular weight is 475 g/mol. The Balaban J connectivity index is 1.31. The van der Waals surface area contributed by atoms with Crippen molar-refractivity contribution in [2.75, 3.05) is 13.2 Å². The van der Waals surface area contributed by atoms with Crippen molar-refractivity contribution in [1.82, 2.24) is 20.1 Å². The molecule has 1 fully saturated rings. The van der Waals surface area contributed by atoms with Gasteiger partial charge in [-0.15, -0.1) is 0 Å². The standard InChI is InChI=1S/C27H27FN4O3/c1-2-14-34-25-8-4-3-6-21(25)22-16-23(31-30-22)27(33)32-13-5-7-24(32)26-29-17-20(35-26)15-18-9-11-19(28)12-10-18/h3-4,6,8-12,16-17,24H,2,5,7,13-15H2,1H3,(H,30,31). The number of hydrogen-bond acceptors (Lipinski definition) is 5. The molecule has 0 bridgehead atoms. The summed E-state index contributed by atoms with van der Waals surface area (Å²) in [5.41, 5.74) is 2.85. The van der Waals surface area contributed by atoms with Crippen molar-refractivity contribution in [3.63, 3.8) is 0 Å². The van der Waals surface area contributed by atoms with Crippen LogP contribution in [-0.4, -0.2) is 39.1 Å². The highest BCUT2D eigenvalue weighted by atomic mass is 19.1. The van der Waals surface area contributed by atoms with E-state index in [0.717, 1.165) is 36.1 Å². The molecule has 0 radical (unpaired) electrons. The Labute approximate surface area is 202 Å². The molecule has 4 aromatic rings. The zero-order valence-corrected chi connectivity index (χ0v) is 19.5. The lowest BCUT2D eigenvalue weighted by Crippen LogP contribution is -2.31. The SMILES string of the molecule is CCCOc1ccccc1-c1cc(C(=O)N2CCCC2c2ncc(Cc3ccc(F)cc3)o2)[nH]n1. The van der Waals surface area contributed by atoms with Crippen LogP contribution in [0.4, 0.5) is 4.39 Å². The van der Waals surface area contributed by atoms with Crippen LogP contribution < -0.4 is 4.74 Å². The molecule has 35 heavy (non-hydrogen) atoms. The lowest BCUT2D eigenvalue weighted by atomic mass is 10.1. The Morgan fingerprint density at radius 2 is 2.06 bits per heavy atom. The van der Waals surface area contributed by atoms with Crippen LogP contribution in [0.5, 0.6) is 5.75 Å². The number of nitrogens with zero attached hydrogens (tertiary/aromatic N) is 3. The number of H-pyrrole nitrogens is 1. The number of benzene rings is 2. The van der Waals surface area contributed by atoms with E-state index in [9.17, 15) is 9.18 Å². The van der Waals surface area contributed by atoms with E-state index in [2.05, 4.69) is 22.1 Å². The third-order valence-corrected chi connectivity index (χ3v) is 6.09. The van der Waals surface area contributed by atoms with Gasteiger partial charge >= 0.3 is 0 Å². The van der Waals surface area contributed by atoms with Crippen molar-refractivity contribution < 1.29 is 18.3 Å². The van der Waals surface area contributed by atoms with Gasteiger partial charge in [0.25, 0.3) is 5.91 Å². The molecule has 1 saturated heterocycles. The van der Waals surface area contributed by atoms with Crippen LogP contribution in [0.1, 0.15) is 59.9 Å². The maximum atomic E-state index is 13.4. The molecule has 7 nitrogen and oxygen atoms in total. The number of amides is 1. The molecule has 1 aliphatic rings. The van der Waals surface area contributed by atoms with Gasteiger partial charge < -0.3 is 14.1 Å². The Morgan fingerprint density at radius 3 is 2.89 bits per heavy atom. The number of rotatable bonds is 8. The number of likely N-dealkylation sites (tertiary alicyclic amines) is 1. The normalized spacial score (nSPS) is 15.5. The van der Waals surface area contributed by atoms with Gasteiger partial charge in [0.05, 0.1) is 18.5 Å². The zero-order chi connectivity index (χ0) is 24.2. The molecule has 0 saturated carbocycles. The molecule has 180 valence electrons. The fraction of sp³-hybridized carbons (Fsp3) is 0.296. The Hall–Kier alpha value is -3.94. The number of hydrogen-bond donors (Lipinski definition) is 1. The average Bonchev–Trinajstić information content (AvgIpc) is 3.64. The number of nitrogens with one attached hydrogen (secondary N) is 1. The highest BCUT2D eigenvalue weighted by molar-refractivity contribution is 5.94. The fourth-order valence-corrected chi connectivity index (χ4v) is 4.37. The van der Waals surface area contributed by atoms with E-state index in [1.165, 1.54) is 12.1 Å². The molecule has 0 spiro atoms. The molecule has 2 aromatic heterocycles. The summed E-state index contributed by atoms with van der Waals surface area (Å²) >= 11 is 0. The fourth-order valence-electron chi connectivity index (χ4n) is 4.37. The maximum Gasteiger partial charge on any atom is 0.272 e. The summed E-state index contributed by atoms with van der Waals surface area (Å²) in [6.45, 7) is 3.28. The summed E-state index contributed by atoms with van der Waals surface area (Å²) in [5.74, 6) is 1.53. The minimum absolute atomic E-state index is 0.142. The van der Waals surface area contributed by atoms with Crippen molar-refractivity contribution in [1.29, 1.82) is 0 Å². The van der Waals surface area contributed by atoms with Crippen LogP contribution in [-0.2, 0) is 6.42 Å². The molecule has 2 aromatic carbocycles. The smallest absolute Gasteiger partial charge is 0.272 e. The van der Waals surface area contributed by atoms with Gasteiger partial charge in [0.2, 0.25) is 5.89 Å². The van der Waals surface area contributed by atoms with Gasteiger partial charge in [-0.25, -0.2) is 9.37 Å². The number of carbonyl (C=O) groups is 1. The van der Waals surface area contributed by atoms with Crippen LogP contribution in [0.15, 0.2) is 65.2 Å². The van der Waals surface area contributed by atoms with Gasteiger partial charge in [-0.2, -0.15) is 5.10 Å². The van der Waals surface area contributed by atoms with Crippen LogP contribution in [0.2, 0.25) is 0 Å². The number of halogens is 1. The van der Waals surface area contributed by atoms with Crippen LogP contribution in [0.25, 0.3) is 11.3 Å². The first-order chi connectivity index (χ1) is 17.1. The summed E-state index contributed by atoms with van der Waals surface area (Å²) in [5, 5.41) is 7.28. The third kappa shape index (κ3) is 4.96. The van der Waals surface area contributed by atoms with Crippen LogP contribution in [0, 0.1) is 5.82 Å². The molecule has 1 aliphatic heterocycles. The predicted molar refractivity (Wildman–Crippen MR) is 129 cm³/mol. The predicted octanol–water partition coefficient (Wildman–Crippen LogP) is 5.56. The summed E-state index contributed by atoms with van der Waals surface area (Å²) in [6.07, 6.45) is 4.73. The molecule has 8 heteroatoms. The first kappa shape index (κ1) is 22.8. The molecule has 1 unspecified atom stereocenters. The number of oxazole rings is 1. The second-order valence-corrected chi connectivity index (χ2v) is 8.64. The second kappa shape index (κ2) is 10.1. The molecule has 1 amide bonds. The van der Waals surface area contributed by atoms with Gasteiger partial charge in [-0.05, 0) is 55.2 Å². The highest BCUT2D eigenvalue weighted by Gasteiger charge is 2.34. The minimum Gasteiger partial charge on any atom is -0.493 e. The molecule has 0 aliphatic carbocycles. The van der Waals surface area contributed by atoms with E-state index in [1.54, 1.807) is 29.3 Å². The van der Waals surface area contributed by atoms with E-state index < -0.39 is 0 Å². The molecule has 1 atom stereocenters. The van der Waals surface area contributed by atoms with Crippen LogP contribution >= 0.6 is 0 Å². The van der Waals surface area contributed by atoms with Gasteiger partial charge in [0.15, 0.2) is 0 Å². The van der Waals surface area contributed by atoms with E-state index in [0.29, 0.717) is 42.6 Å². The van der Waals surface area contributed by atoms with E-state index in [-0.39, 0.29) is 17.8 Å². The zero-order valence-electron chi connectivity index (χ0n) is 19.5. The van der Waals surface area contributed by atoms with Crippen molar-refractivity contribution >= 4 is 5.91 Å². The Kier molecular flexibility index (Phi) is 6.61. The minimum atomic E-state index is -0.272. The first-order valence-corrected chi connectivity index (χ1v) is 11.9. The van der Waals surface area contributed by atoms with Gasteiger partial charge in [-0.1, -0.05) is 31.2 Å².